The van der Waals surface area contributed by atoms with E-state index >= 15 is 0 Å². The lowest BCUT2D eigenvalue weighted by molar-refractivity contribution is -0.165. The molecule has 0 atom stereocenters. The summed E-state index contributed by atoms with van der Waals surface area (Å²) >= 11 is 0. The average molecular weight is 253 g/mol. The van der Waals surface area contributed by atoms with Crippen LogP contribution in [0.2, 0.25) is 0 Å². The molecule has 1 aromatic rings. The van der Waals surface area contributed by atoms with Gasteiger partial charge in [-0.1, -0.05) is 6.07 Å². The molecular formula is C12H16FN3O2. The second kappa shape index (κ2) is 4.55. The number of rotatable bonds is 3. The molecule has 2 rings (SSSR count). The Hall–Kier alpha value is -1.66. The van der Waals surface area contributed by atoms with Crippen molar-refractivity contribution >= 4 is 11.6 Å². The van der Waals surface area contributed by atoms with Crippen LogP contribution in [0, 0.1) is 11.2 Å². The molecule has 18 heavy (non-hydrogen) atoms. The summed E-state index contributed by atoms with van der Waals surface area (Å²) < 4.78 is 13.7. The SMILES string of the molecule is CC1(C)CON(Cc2ccc(NN)cc2F)C1=O. The van der Waals surface area contributed by atoms with E-state index in [0.717, 1.165) is 0 Å². The van der Waals surface area contributed by atoms with E-state index in [1.54, 1.807) is 26.0 Å². The third-order valence-corrected chi connectivity index (χ3v) is 2.92. The lowest BCUT2D eigenvalue weighted by Crippen LogP contribution is -2.30. The summed E-state index contributed by atoms with van der Waals surface area (Å²) in [5.74, 6) is 4.62. The zero-order valence-corrected chi connectivity index (χ0v) is 10.4. The van der Waals surface area contributed by atoms with E-state index in [1.807, 2.05) is 0 Å². The second-order valence-corrected chi connectivity index (χ2v) is 4.95. The van der Waals surface area contributed by atoms with Gasteiger partial charge in [-0.3, -0.25) is 15.5 Å². The summed E-state index contributed by atoms with van der Waals surface area (Å²) in [6.07, 6.45) is 0. The van der Waals surface area contributed by atoms with Crippen LogP contribution in [0.15, 0.2) is 18.2 Å². The number of carbonyl (C=O) groups is 1. The van der Waals surface area contributed by atoms with E-state index in [0.29, 0.717) is 17.9 Å². The number of hydroxylamine groups is 2. The van der Waals surface area contributed by atoms with Crippen molar-refractivity contribution in [3.05, 3.63) is 29.6 Å². The van der Waals surface area contributed by atoms with Crippen LogP contribution < -0.4 is 11.3 Å². The third-order valence-electron chi connectivity index (χ3n) is 2.92. The van der Waals surface area contributed by atoms with Gasteiger partial charge >= 0.3 is 0 Å². The highest BCUT2D eigenvalue weighted by molar-refractivity contribution is 5.82. The average Bonchev–Trinajstić information content (AvgIpc) is 2.58. The number of hydrazine groups is 1. The Labute approximate surface area is 105 Å². The second-order valence-electron chi connectivity index (χ2n) is 4.95. The van der Waals surface area contributed by atoms with Gasteiger partial charge in [0.15, 0.2) is 0 Å². The Balaban J connectivity index is 2.13. The molecule has 0 aromatic heterocycles. The molecule has 0 bridgehead atoms. The predicted octanol–water partition coefficient (Wildman–Crippen LogP) is 1.41. The first-order valence-electron chi connectivity index (χ1n) is 5.64. The molecule has 1 aliphatic heterocycles. The maximum Gasteiger partial charge on any atom is 0.254 e. The number of hydrogen-bond acceptors (Lipinski definition) is 4. The van der Waals surface area contributed by atoms with Gasteiger partial charge in [0, 0.05) is 5.56 Å². The summed E-state index contributed by atoms with van der Waals surface area (Å²) in [7, 11) is 0. The Morgan fingerprint density at radius 1 is 1.56 bits per heavy atom. The molecule has 0 radical (unpaired) electrons. The van der Waals surface area contributed by atoms with Gasteiger partial charge in [-0.25, -0.2) is 9.45 Å². The number of amides is 1. The normalized spacial score (nSPS) is 18.2. The van der Waals surface area contributed by atoms with Crippen LogP contribution in [0.25, 0.3) is 0 Å². The number of nitrogen functional groups attached to an aromatic ring is 1. The van der Waals surface area contributed by atoms with Crippen molar-refractivity contribution in [2.24, 2.45) is 11.3 Å². The molecule has 0 saturated carbocycles. The molecule has 1 fully saturated rings. The van der Waals surface area contributed by atoms with Gasteiger partial charge in [0.25, 0.3) is 5.91 Å². The summed E-state index contributed by atoms with van der Waals surface area (Å²) in [6.45, 7) is 4.01. The van der Waals surface area contributed by atoms with Gasteiger partial charge < -0.3 is 5.43 Å². The van der Waals surface area contributed by atoms with E-state index < -0.39 is 11.2 Å². The van der Waals surface area contributed by atoms with E-state index in [2.05, 4.69) is 5.43 Å². The van der Waals surface area contributed by atoms with E-state index in [-0.39, 0.29) is 12.5 Å². The summed E-state index contributed by atoms with van der Waals surface area (Å²) in [5, 5.41) is 1.20. The zero-order chi connectivity index (χ0) is 13.3. The first-order valence-corrected chi connectivity index (χ1v) is 5.64. The predicted molar refractivity (Wildman–Crippen MR) is 64.5 cm³/mol. The van der Waals surface area contributed by atoms with Crippen molar-refractivity contribution in [1.82, 2.24) is 5.06 Å². The highest BCUT2D eigenvalue weighted by atomic mass is 19.1. The van der Waals surface area contributed by atoms with Crippen molar-refractivity contribution in [2.75, 3.05) is 12.0 Å². The van der Waals surface area contributed by atoms with Gasteiger partial charge in [-0.15, -0.1) is 0 Å². The van der Waals surface area contributed by atoms with Crippen LogP contribution in [0.1, 0.15) is 19.4 Å². The number of hydrogen-bond donors (Lipinski definition) is 2. The summed E-state index contributed by atoms with van der Waals surface area (Å²) in [4.78, 5) is 17.2. The van der Waals surface area contributed by atoms with Gasteiger partial charge in [0.2, 0.25) is 0 Å². The standard InChI is InChI=1S/C12H16FN3O2/c1-12(2)7-18-16(11(12)17)6-8-3-4-9(15-14)5-10(8)13/h3-5,15H,6-7,14H2,1-2H3. The van der Waals surface area contributed by atoms with Crippen molar-refractivity contribution in [3.8, 4) is 0 Å². The van der Waals surface area contributed by atoms with Gasteiger partial charge in [-0.05, 0) is 26.0 Å². The molecule has 0 aliphatic carbocycles. The molecule has 1 amide bonds. The highest BCUT2D eigenvalue weighted by Crippen LogP contribution is 2.28. The molecule has 0 spiro atoms. The zero-order valence-electron chi connectivity index (χ0n) is 10.4. The Morgan fingerprint density at radius 2 is 2.28 bits per heavy atom. The molecule has 1 aromatic carbocycles. The topological polar surface area (TPSA) is 67.6 Å². The van der Waals surface area contributed by atoms with Gasteiger partial charge in [0.1, 0.15) is 5.82 Å². The van der Waals surface area contributed by atoms with Crippen LogP contribution in [0.4, 0.5) is 10.1 Å². The lowest BCUT2D eigenvalue weighted by Gasteiger charge is -2.17. The number of anilines is 1. The van der Waals surface area contributed by atoms with E-state index in [1.165, 1.54) is 11.1 Å². The van der Waals surface area contributed by atoms with Gasteiger partial charge in [-0.2, -0.15) is 0 Å². The van der Waals surface area contributed by atoms with Gasteiger partial charge in [0.05, 0.1) is 24.3 Å². The number of nitrogens with one attached hydrogen (secondary N) is 1. The molecule has 1 saturated heterocycles. The molecule has 1 aliphatic rings. The van der Waals surface area contributed by atoms with Crippen molar-refractivity contribution in [2.45, 2.75) is 20.4 Å². The monoisotopic (exact) mass is 253 g/mol. The minimum absolute atomic E-state index is 0.0962. The van der Waals surface area contributed by atoms with Crippen LogP contribution >= 0.6 is 0 Å². The molecule has 1 heterocycles. The van der Waals surface area contributed by atoms with Crippen LogP contribution in [0.5, 0.6) is 0 Å². The first kappa shape index (κ1) is 12.8. The number of halogens is 1. The van der Waals surface area contributed by atoms with Crippen LogP contribution in [0.3, 0.4) is 0 Å². The minimum Gasteiger partial charge on any atom is -0.324 e. The van der Waals surface area contributed by atoms with Crippen molar-refractivity contribution in [1.29, 1.82) is 0 Å². The van der Waals surface area contributed by atoms with Crippen LogP contribution in [-0.4, -0.2) is 17.6 Å². The quantitative estimate of drug-likeness (QED) is 0.631. The van der Waals surface area contributed by atoms with E-state index in [9.17, 15) is 9.18 Å². The van der Waals surface area contributed by atoms with Crippen molar-refractivity contribution in [3.63, 3.8) is 0 Å². The number of nitrogens with zero attached hydrogens (tertiary/aromatic N) is 1. The smallest absolute Gasteiger partial charge is 0.254 e. The lowest BCUT2D eigenvalue weighted by atomic mass is 9.95. The number of nitrogens with two attached hydrogens (primary N) is 1. The molecule has 0 unspecified atom stereocenters. The molecule has 5 nitrogen and oxygen atoms in total. The van der Waals surface area contributed by atoms with E-state index in [4.69, 9.17) is 10.7 Å². The maximum atomic E-state index is 13.7. The molecular weight excluding hydrogens is 237 g/mol. The molecule has 98 valence electrons. The first-order chi connectivity index (χ1) is 8.44. The maximum absolute atomic E-state index is 13.7. The fourth-order valence-electron chi connectivity index (χ4n) is 1.73. The fourth-order valence-corrected chi connectivity index (χ4v) is 1.73. The Morgan fingerprint density at radius 3 is 2.78 bits per heavy atom. The molecule has 6 heteroatoms. The molecule has 3 N–H and O–H groups in total. The number of benzene rings is 1. The summed E-state index contributed by atoms with van der Waals surface area (Å²) in [5.41, 5.74) is 2.68. The largest absolute Gasteiger partial charge is 0.324 e. The fraction of sp³-hybridized carbons (Fsp3) is 0.417. The van der Waals surface area contributed by atoms with Crippen molar-refractivity contribution < 1.29 is 14.0 Å². The highest BCUT2D eigenvalue weighted by Gasteiger charge is 2.40. The minimum atomic E-state index is -0.546. The Kier molecular flexibility index (Phi) is 3.23. The third kappa shape index (κ3) is 2.30. The Bertz CT molecular complexity index is 476. The van der Waals surface area contributed by atoms with Crippen LogP contribution in [-0.2, 0) is 16.2 Å². The summed E-state index contributed by atoms with van der Waals surface area (Å²) in [6, 6.07) is 4.50. The number of carbonyl (C=O) groups excluding carboxylic acids is 1.